The number of benzene rings is 1. The van der Waals surface area contributed by atoms with Crippen LogP contribution in [0.3, 0.4) is 0 Å². The molecule has 0 aliphatic carbocycles. The van der Waals surface area contributed by atoms with Crippen molar-refractivity contribution in [3.05, 3.63) is 65.7 Å². The lowest BCUT2D eigenvalue weighted by Crippen LogP contribution is -2.29. The van der Waals surface area contributed by atoms with E-state index in [9.17, 15) is 9.59 Å². The van der Waals surface area contributed by atoms with Crippen molar-refractivity contribution in [1.82, 2.24) is 15.3 Å². The summed E-state index contributed by atoms with van der Waals surface area (Å²) < 4.78 is 0. The van der Waals surface area contributed by atoms with Gasteiger partial charge in [-0.2, -0.15) is 0 Å². The van der Waals surface area contributed by atoms with Gasteiger partial charge in [0.2, 0.25) is 11.8 Å². The van der Waals surface area contributed by atoms with E-state index in [-0.39, 0.29) is 24.3 Å². The lowest BCUT2D eigenvalue weighted by molar-refractivity contribution is -0.120. The summed E-state index contributed by atoms with van der Waals surface area (Å²) in [6.45, 7) is 1.44. The van der Waals surface area contributed by atoms with Crippen LogP contribution in [0, 0.1) is 0 Å². The second-order valence-electron chi connectivity index (χ2n) is 5.67. The van der Waals surface area contributed by atoms with Gasteiger partial charge in [-0.05, 0) is 17.7 Å². The number of pyridine rings is 1. The Kier molecular flexibility index (Phi) is 5.70. The van der Waals surface area contributed by atoms with Gasteiger partial charge < -0.3 is 10.6 Å². The molecule has 6 nitrogen and oxygen atoms in total. The number of anilines is 1. The fraction of sp³-hybridized carbons (Fsp3) is 0.158. The normalized spacial score (nSPS) is 11.6. The standard InChI is InChI=1S/C19H18N4O2S/c1-13(24)21-16(14-7-3-2-4-8-14)11-18(25)23-19-22-17(12-26-19)15-9-5-6-10-20-15/h2-10,12,16H,11H2,1H3,(H,21,24)(H,22,23,25). The summed E-state index contributed by atoms with van der Waals surface area (Å²) in [5.41, 5.74) is 2.35. The molecule has 0 radical (unpaired) electrons. The largest absolute Gasteiger partial charge is 0.349 e. The molecule has 2 aromatic heterocycles. The number of hydrogen-bond donors (Lipinski definition) is 2. The molecular formula is C19H18N4O2S. The van der Waals surface area contributed by atoms with Gasteiger partial charge in [-0.1, -0.05) is 36.4 Å². The Bertz CT molecular complexity index is 881. The average molecular weight is 366 g/mol. The zero-order valence-electron chi connectivity index (χ0n) is 14.2. The van der Waals surface area contributed by atoms with Gasteiger partial charge in [0.1, 0.15) is 5.69 Å². The maximum absolute atomic E-state index is 12.4. The summed E-state index contributed by atoms with van der Waals surface area (Å²) in [4.78, 5) is 32.5. The van der Waals surface area contributed by atoms with Gasteiger partial charge in [-0.25, -0.2) is 4.98 Å². The number of nitrogens with one attached hydrogen (secondary N) is 2. The zero-order chi connectivity index (χ0) is 18.4. The Morgan fingerprint density at radius 1 is 1.08 bits per heavy atom. The van der Waals surface area contributed by atoms with E-state index in [1.807, 2.05) is 53.9 Å². The second kappa shape index (κ2) is 8.35. The van der Waals surface area contributed by atoms with E-state index in [1.165, 1.54) is 18.3 Å². The first-order valence-electron chi connectivity index (χ1n) is 8.10. The number of hydrogen-bond acceptors (Lipinski definition) is 5. The SMILES string of the molecule is CC(=O)NC(CC(=O)Nc1nc(-c2ccccn2)cs1)c1ccccc1. The summed E-state index contributed by atoms with van der Waals surface area (Å²) in [5, 5.41) is 7.96. The fourth-order valence-corrected chi connectivity index (χ4v) is 3.22. The van der Waals surface area contributed by atoms with Crippen molar-refractivity contribution >= 4 is 28.3 Å². The van der Waals surface area contributed by atoms with Crippen LogP contribution >= 0.6 is 11.3 Å². The van der Waals surface area contributed by atoms with Crippen LogP contribution in [0.1, 0.15) is 24.9 Å². The van der Waals surface area contributed by atoms with E-state index in [1.54, 1.807) is 6.20 Å². The van der Waals surface area contributed by atoms with E-state index < -0.39 is 0 Å². The number of rotatable bonds is 6. The minimum absolute atomic E-state index is 0.127. The average Bonchev–Trinajstić information content (AvgIpc) is 3.10. The molecule has 132 valence electrons. The molecule has 7 heteroatoms. The Morgan fingerprint density at radius 2 is 1.85 bits per heavy atom. The monoisotopic (exact) mass is 366 g/mol. The Balaban J connectivity index is 1.67. The van der Waals surface area contributed by atoms with Crippen molar-refractivity contribution in [3.8, 4) is 11.4 Å². The molecule has 1 aromatic carbocycles. The predicted octanol–water partition coefficient (Wildman–Crippen LogP) is 3.41. The van der Waals surface area contributed by atoms with Crippen molar-refractivity contribution in [3.63, 3.8) is 0 Å². The first-order chi connectivity index (χ1) is 12.6. The van der Waals surface area contributed by atoms with Crippen LogP contribution in [-0.2, 0) is 9.59 Å². The minimum Gasteiger partial charge on any atom is -0.349 e. The number of thiazole rings is 1. The Morgan fingerprint density at radius 3 is 2.54 bits per heavy atom. The summed E-state index contributed by atoms with van der Waals surface area (Å²) in [6, 6.07) is 14.6. The number of aromatic nitrogens is 2. The molecule has 0 aliphatic heterocycles. The van der Waals surface area contributed by atoms with Crippen LogP contribution < -0.4 is 10.6 Å². The summed E-state index contributed by atoms with van der Waals surface area (Å²) in [6.07, 6.45) is 1.83. The predicted molar refractivity (Wildman–Crippen MR) is 102 cm³/mol. The highest BCUT2D eigenvalue weighted by molar-refractivity contribution is 7.14. The van der Waals surface area contributed by atoms with E-state index in [2.05, 4.69) is 20.6 Å². The molecule has 2 N–H and O–H groups in total. The zero-order valence-corrected chi connectivity index (χ0v) is 15.0. The van der Waals surface area contributed by atoms with Gasteiger partial charge in [0.05, 0.1) is 18.2 Å². The molecular weight excluding hydrogens is 348 g/mol. The molecule has 2 amide bonds. The summed E-state index contributed by atoms with van der Waals surface area (Å²) >= 11 is 1.34. The maximum Gasteiger partial charge on any atom is 0.228 e. The van der Waals surface area contributed by atoms with Crippen LogP contribution in [0.5, 0.6) is 0 Å². The summed E-state index contributed by atoms with van der Waals surface area (Å²) in [7, 11) is 0. The molecule has 3 aromatic rings. The topological polar surface area (TPSA) is 84.0 Å². The molecule has 0 saturated carbocycles. The van der Waals surface area contributed by atoms with Crippen molar-refractivity contribution in [2.45, 2.75) is 19.4 Å². The molecule has 3 rings (SSSR count). The van der Waals surface area contributed by atoms with Crippen molar-refractivity contribution in [2.24, 2.45) is 0 Å². The molecule has 0 bridgehead atoms. The van der Waals surface area contributed by atoms with Crippen LogP contribution in [-0.4, -0.2) is 21.8 Å². The van der Waals surface area contributed by atoms with Gasteiger partial charge in [0.25, 0.3) is 0 Å². The first kappa shape index (κ1) is 17.8. The minimum atomic E-state index is -0.385. The fourth-order valence-electron chi connectivity index (χ4n) is 2.50. The Labute approximate surface area is 155 Å². The van der Waals surface area contributed by atoms with Crippen molar-refractivity contribution in [1.29, 1.82) is 0 Å². The number of nitrogens with zero attached hydrogens (tertiary/aromatic N) is 2. The maximum atomic E-state index is 12.4. The van der Waals surface area contributed by atoms with Gasteiger partial charge in [-0.15, -0.1) is 11.3 Å². The van der Waals surface area contributed by atoms with Gasteiger partial charge in [-0.3, -0.25) is 14.6 Å². The lowest BCUT2D eigenvalue weighted by Gasteiger charge is -2.17. The van der Waals surface area contributed by atoms with Crippen LogP contribution in [0.15, 0.2) is 60.1 Å². The molecule has 26 heavy (non-hydrogen) atoms. The lowest BCUT2D eigenvalue weighted by atomic mass is 10.0. The molecule has 0 aliphatic rings. The molecule has 0 saturated heterocycles. The van der Waals surface area contributed by atoms with E-state index in [4.69, 9.17) is 0 Å². The van der Waals surface area contributed by atoms with E-state index in [0.717, 1.165) is 11.3 Å². The highest BCUT2D eigenvalue weighted by atomic mass is 32.1. The highest BCUT2D eigenvalue weighted by Crippen LogP contribution is 2.24. The van der Waals surface area contributed by atoms with Crippen molar-refractivity contribution in [2.75, 3.05) is 5.32 Å². The highest BCUT2D eigenvalue weighted by Gasteiger charge is 2.18. The molecule has 0 fully saturated rings. The molecule has 1 unspecified atom stereocenters. The van der Waals surface area contributed by atoms with Gasteiger partial charge in [0, 0.05) is 18.5 Å². The third-order valence-electron chi connectivity index (χ3n) is 3.65. The third kappa shape index (κ3) is 4.73. The van der Waals surface area contributed by atoms with Crippen LogP contribution in [0.25, 0.3) is 11.4 Å². The van der Waals surface area contributed by atoms with Crippen molar-refractivity contribution < 1.29 is 9.59 Å². The quantitative estimate of drug-likeness (QED) is 0.700. The Hall–Kier alpha value is -3.06. The number of amides is 2. The first-order valence-corrected chi connectivity index (χ1v) is 8.98. The number of carbonyl (C=O) groups is 2. The molecule has 2 heterocycles. The van der Waals surface area contributed by atoms with Gasteiger partial charge in [0.15, 0.2) is 5.13 Å². The van der Waals surface area contributed by atoms with Crippen LogP contribution in [0.2, 0.25) is 0 Å². The van der Waals surface area contributed by atoms with Crippen LogP contribution in [0.4, 0.5) is 5.13 Å². The molecule has 1 atom stereocenters. The van der Waals surface area contributed by atoms with E-state index >= 15 is 0 Å². The second-order valence-corrected chi connectivity index (χ2v) is 6.53. The third-order valence-corrected chi connectivity index (χ3v) is 4.40. The molecule has 0 spiro atoms. The van der Waals surface area contributed by atoms with E-state index in [0.29, 0.717) is 10.8 Å². The van der Waals surface area contributed by atoms with Gasteiger partial charge >= 0.3 is 0 Å². The smallest absolute Gasteiger partial charge is 0.228 e. The number of carbonyl (C=O) groups excluding carboxylic acids is 2. The summed E-state index contributed by atoms with van der Waals surface area (Å²) in [5.74, 6) is -0.395.